The summed E-state index contributed by atoms with van der Waals surface area (Å²) < 4.78 is 15.6. The molecule has 0 N–H and O–H groups in total. The van der Waals surface area contributed by atoms with E-state index >= 15 is 0 Å². The van der Waals surface area contributed by atoms with Gasteiger partial charge in [-0.2, -0.15) is 0 Å². The number of carbonyl (C=O) groups is 1. The quantitative estimate of drug-likeness (QED) is 0.580. The molecule has 0 radical (unpaired) electrons. The van der Waals surface area contributed by atoms with E-state index in [-0.39, 0.29) is 5.97 Å². The van der Waals surface area contributed by atoms with Gasteiger partial charge in [0, 0.05) is 12.5 Å². The minimum Gasteiger partial charge on any atom is -0.493 e. The first-order chi connectivity index (χ1) is 11.5. The fourth-order valence-corrected chi connectivity index (χ4v) is 2.83. The monoisotopic (exact) mass is 337 g/mol. The third-order valence-corrected chi connectivity index (χ3v) is 4.14. The van der Waals surface area contributed by atoms with E-state index in [9.17, 15) is 4.79 Å². The molecule has 0 aliphatic carbocycles. The van der Waals surface area contributed by atoms with Crippen LogP contribution in [-0.2, 0) is 16.0 Å². The summed E-state index contributed by atoms with van der Waals surface area (Å²) in [7, 11) is 3.29. The second-order valence-electron chi connectivity index (χ2n) is 5.78. The lowest BCUT2D eigenvalue weighted by Crippen LogP contribution is -2.35. The largest absolute Gasteiger partial charge is 0.493 e. The zero-order valence-electron chi connectivity index (χ0n) is 15.6. The maximum absolute atomic E-state index is 11.4. The summed E-state index contributed by atoms with van der Waals surface area (Å²) in [6.45, 7) is 8.49. The summed E-state index contributed by atoms with van der Waals surface area (Å²) in [5.41, 5.74) is 1.21. The van der Waals surface area contributed by atoms with Crippen LogP contribution in [0.15, 0.2) is 18.2 Å². The summed E-state index contributed by atoms with van der Waals surface area (Å²) in [5, 5.41) is 0. The van der Waals surface area contributed by atoms with E-state index in [1.165, 1.54) is 5.56 Å². The van der Waals surface area contributed by atoms with Crippen LogP contribution in [0.5, 0.6) is 11.5 Å². The molecule has 1 rings (SSSR count). The highest BCUT2D eigenvalue weighted by Gasteiger charge is 2.14. The first-order valence-corrected chi connectivity index (χ1v) is 8.66. The minimum atomic E-state index is -0.110. The van der Waals surface area contributed by atoms with Crippen LogP contribution in [0.4, 0.5) is 0 Å². The molecule has 0 bridgehead atoms. The zero-order valence-corrected chi connectivity index (χ0v) is 15.6. The molecule has 1 unspecified atom stereocenters. The molecule has 0 aliphatic rings. The second-order valence-corrected chi connectivity index (χ2v) is 5.78. The molecular formula is C19H31NO4. The highest BCUT2D eigenvalue weighted by molar-refractivity contribution is 5.69. The number of hydrogen-bond donors (Lipinski definition) is 0. The van der Waals surface area contributed by atoms with Crippen LogP contribution in [0.2, 0.25) is 0 Å². The number of likely N-dealkylation sites (N-methyl/N-ethyl adjacent to an activating group) is 1. The fraction of sp³-hybridized carbons (Fsp3) is 0.632. The fourth-order valence-electron chi connectivity index (χ4n) is 2.83. The Labute approximate surface area is 145 Å². The number of nitrogens with zero attached hydrogens (tertiary/aromatic N) is 1. The molecule has 0 aromatic heterocycles. The average molecular weight is 337 g/mol. The average Bonchev–Trinajstić information content (AvgIpc) is 2.58. The van der Waals surface area contributed by atoms with Crippen LogP contribution in [0, 0.1) is 0 Å². The van der Waals surface area contributed by atoms with Crippen molar-refractivity contribution in [1.82, 2.24) is 4.90 Å². The maximum Gasteiger partial charge on any atom is 0.305 e. The number of methoxy groups -OCH3 is 2. The van der Waals surface area contributed by atoms with Gasteiger partial charge in [0.1, 0.15) is 0 Å². The van der Waals surface area contributed by atoms with Crippen molar-refractivity contribution in [3.05, 3.63) is 23.8 Å². The Balaban J connectivity index is 2.57. The third-order valence-electron chi connectivity index (χ3n) is 4.14. The van der Waals surface area contributed by atoms with Crippen molar-refractivity contribution in [1.29, 1.82) is 0 Å². The predicted molar refractivity (Wildman–Crippen MR) is 95.8 cm³/mol. The lowest BCUT2D eigenvalue weighted by molar-refractivity contribution is -0.143. The topological polar surface area (TPSA) is 48.0 Å². The van der Waals surface area contributed by atoms with E-state index in [1.807, 2.05) is 19.1 Å². The maximum atomic E-state index is 11.4. The van der Waals surface area contributed by atoms with Gasteiger partial charge in [-0.15, -0.1) is 0 Å². The van der Waals surface area contributed by atoms with Gasteiger partial charge in [0.2, 0.25) is 0 Å². The van der Waals surface area contributed by atoms with E-state index < -0.39 is 0 Å². The van der Waals surface area contributed by atoms with Crippen molar-refractivity contribution >= 4 is 5.97 Å². The smallest absolute Gasteiger partial charge is 0.305 e. The molecule has 1 aromatic carbocycles. The first-order valence-electron chi connectivity index (χ1n) is 8.66. The molecule has 0 heterocycles. The van der Waals surface area contributed by atoms with E-state index in [4.69, 9.17) is 14.2 Å². The van der Waals surface area contributed by atoms with Gasteiger partial charge in [0.05, 0.1) is 20.8 Å². The van der Waals surface area contributed by atoms with E-state index in [1.54, 1.807) is 14.2 Å². The number of carbonyl (C=O) groups excluding carboxylic acids is 1. The van der Waals surface area contributed by atoms with Crippen LogP contribution in [0.25, 0.3) is 0 Å². The van der Waals surface area contributed by atoms with Gasteiger partial charge < -0.3 is 19.1 Å². The summed E-state index contributed by atoms with van der Waals surface area (Å²) in [6, 6.07) is 6.43. The van der Waals surface area contributed by atoms with E-state index in [0.717, 1.165) is 37.4 Å². The molecule has 0 aliphatic heterocycles. The van der Waals surface area contributed by atoms with Gasteiger partial charge in [0.15, 0.2) is 11.5 Å². The molecule has 136 valence electrons. The summed E-state index contributed by atoms with van der Waals surface area (Å²) >= 11 is 0. The second kappa shape index (κ2) is 10.9. The molecule has 5 heteroatoms. The SMILES string of the molecule is CCOC(=O)CCCN(CC)C(C)Cc1ccc(OC)c(OC)c1. The van der Waals surface area contributed by atoms with Gasteiger partial charge in [-0.05, 0) is 57.5 Å². The predicted octanol–water partition coefficient (Wildman–Crippen LogP) is 3.30. The Morgan fingerprint density at radius 1 is 1.17 bits per heavy atom. The number of benzene rings is 1. The third kappa shape index (κ3) is 6.40. The Bertz CT molecular complexity index is 504. The molecule has 5 nitrogen and oxygen atoms in total. The molecule has 0 spiro atoms. The first kappa shape index (κ1) is 20.3. The molecule has 0 amide bonds. The highest BCUT2D eigenvalue weighted by Crippen LogP contribution is 2.28. The summed E-state index contributed by atoms with van der Waals surface area (Å²) in [5.74, 6) is 1.39. The Morgan fingerprint density at radius 3 is 2.46 bits per heavy atom. The summed E-state index contributed by atoms with van der Waals surface area (Å²) in [4.78, 5) is 13.8. The Morgan fingerprint density at radius 2 is 1.88 bits per heavy atom. The highest BCUT2D eigenvalue weighted by atomic mass is 16.5. The number of esters is 1. The minimum absolute atomic E-state index is 0.110. The number of hydrogen-bond acceptors (Lipinski definition) is 5. The Kier molecular flexibility index (Phi) is 9.23. The number of rotatable bonds is 11. The summed E-state index contributed by atoms with van der Waals surface area (Å²) in [6.07, 6.45) is 2.23. The van der Waals surface area contributed by atoms with Gasteiger partial charge in [-0.25, -0.2) is 0 Å². The molecule has 0 saturated carbocycles. The van der Waals surface area contributed by atoms with Crippen LogP contribution < -0.4 is 9.47 Å². The lowest BCUT2D eigenvalue weighted by Gasteiger charge is -2.28. The number of ether oxygens (including phenoxy) is 3. The van der Waals surface area contributed by atoms with Gasteiger partial charge in [-0.3, -0.25) is 4.79 Å². The van der Waals surface area contributed by atoms with E-state index in [2.05, 4.69) is 24.8 Å². The van der Waals surface area contributed by atoms with Crippen molar-refractivity contribution in [2.24, 2.45) is 0 Å². The van der Waals surface area contributed by atoms with E-state index in [0.29, 0.717) is 19.1 Å². The lowest BCUT2D eigenvalue weighted by atomic mass is 10.0. The Hall–Kier alpha value is -1.75. The molecule has 0 fully saturated rings. The van der Waals surface area contributed by atoms with Crippen LogP contribution in [-0.4, -0.2) is 50.8 Å². The van der Waals surface area contributed by atoms with Crippen LogP contribution in [0.3, 0.4) is 0 Å². The van der Waals surface area contributed by atoms with Gasteiger partial charge >= 0.3 is 5.97 Å². The molecule has 24 heavy (non-hydrogen) atoms. The molecule has 1 atom stereocenters. The van der Waals surface area contributed by atoms with Crippen molar-refractivity contribution in [2.75, 3.05) is 33.9 Å². The van der Waals surface area contributed by atoms with Gasteiger partial charge in [0.25, 0.3) is 0 Å². The normalized spacial score (nSPS) is 12.1. The molecule has 0 saturated heterocycles. The molecular weight excluding hydrogens is 306 g/mol. The zero-order chi connectivity index (χ0) is 17.9. The van der Waals surface area contributed by atoms with Crippen LogP contribution in [0.1, 0.15) is 39.2 Å². The van der Waals surface area contributed by atoms with Crippen molar-refractivity contribution in [2.45, 2.75) is 46.1 Å². The van der Waals surface area contributed by atoms with Crippen molar-refractivity contribution in [3.8, 4) is 11.5 Å². The van der Waals surface area contributed by atoms with Crippen molar-refractivity contribution in [3.63, 3.8) is 0 Å². The van der Waals surface area contributed by atoms with Crippen LogP contribution >= 0.6 is 0 Å². The molecule has 1 aromatic rings. The standard InChI is InChI=1S/C19H31NO4/c1-6-20(12-8-9-19(21)24-7-2)15(3)13-16-10-11-17(22-4)18(14-16)23-5/h10-11,14-15H,6-9,12-13H2,1-5H3. The van der Waals surface area contributed by atoms with Crippen molar-refractivity contribution < 1.29 is 19.0 Å². The van der Waals surface area contributed by atoms with Gasteiger partial charge in [-0.1, -0.05) is 13.0 Å².